The van der Waals surface area contributed by atoms with Crippen LogP contribution in [0.5, 0.6) is 0 Å². The fourth-order valence-corrected chi connectivity index (χ4v) is 1.86. The minimum absolute atomic E-state index is 0.179. The summed E-state index contributed by atoms with van der Waals surface area (Å²) in [5.41, 5.74) is 1.07. The van der Waals surface area contributed by atoms with E-state index in [2.05, 4.69) is 0 Å². The van der Waals surface area contributed by atoms with Gasteiger partial charge in [-0.3, -0.25) is 0 Å². The summed E-state index contributed by atoms with van der Waals surface area (Å²) in [7, 11) is 0. The molecular formula is C15H22O3. The molecule has 0 fully saturated rings. The number of aldehydes is 1. The van der Waals surface area contributed by atoms with E-state index < -0.39 is 6.10 Å². The molecule has 0 aliphatic rings. The average Bonchev–Trinajstić information content (AvgIpc) is 2.40. The Kier molecular flexibility index (Phi) is 6.61. The van der Waals surface area contributed by atoms with Gasteiger partial charge in [-0.1, -0.05) is 50.6 Å². The molecule has 0 saturated carbocycles. The summed E-state index contributed by atoms with van der Waals surface area (Å²) in [6, 6.07) is 9.78. The van der Waals surface area contributed by atoms with Gasteiger partial charge in [0.25, 0.3) is 0 Å². The molecule has 0 amide bonds. The van der Waals surface area contributed by atoms with Gasteiger partial charge in [-0.15, -0.1) is 0 Å². The van der Waals surface area contributed by atoms with Crippen LogP contribution in [0.2, 0.25) is 0 Å². The number of ether oxygens (including phenoxy) is 1. The van der Waals surface area contributed by atoms with Crippen LogP contribution in [0.4, 0.5) is 0 Å². The molecule has 1 rings (SSSR count). The molecule has 0 aliphatic heterocycles. The van der Waals surface area contributed by atoms with Crippen molar-refractivity contribution in [3.8, 4) is 0 Å². The molecule has 0 radical (unpaired) electrons. The van der Waals surface area contributed by atoms with Crippen LogP contribution in [0, 0.1) is 11.8 Å². The van der Waals surface area contributed by atoms with Crippen molar-refractivity contribution in [1.82, 2.24) is 0 Å². The van der Waals surface area contributed by atoms with E-state index in [4.69, 9.17) is 4.74 Å². The third-order valence-corrected chi connectivity index (χ3v) is 3.30. The first-order chi connectivity index (χ1) is 8.69. The van der Waals surface area contributed by atoms with E-state index in [-0.39, 0.29) is 18.4 Å². The molecule has 100 valence electrons. The van der Waals surface area contributed by atoms with E-state index in [9.17, 15) is 9.90 Å². The molecule has 0 bridgehead atoms. The molecule has 0 unspecified atom stereocenters. The Bertz CT molecular complexity index is 337. The summed E-state index contributed by atoms with van der Waals surface area (Å²) in [4.78, 5) is 11.0. The van der Waals surface area contributed by atoms with Crippen molar-refractivity contribution in [2.75, 3.05) is 6.61 Å². The van der Waals surface area contributed by atoms with Crippen molar-refractivity contribution in [3.05, 3.63) is 35.9 Å². The fourth-order valence-electron chi connectivity index (χ4n) is 1.86. The molecule has 0 aliphatic carbocycles. The van der Waals surface area contributed by atoms with E-state index in [0.717, 1.165) is 18.3 Å². The molecule has 3 atom stereocenters. The predicted molar refractivity (Wildman–Crippen MR) is 71.1 cm³/mol. The number of rotatable bonds is 8. The van der Waals surface area contributed by atoms with Crippen molar-refractivity contribution >= 4 is 6.29 Å². The van der Waals surface area contributed by atoms with Crippen molar-refractivity contribution in [1.29, 1.82) is 0 Å². The first kappa shape index (κ1) is 14.9. The topological polar surface area (TPSA) is 46.5 Å². The van der Waals surface area contributed by atoms with Gasteiger partial charge in [-0.2, -0.15) is 0 Å². The van der Waals surface area contributed by atoms with Crippen LogP contribution in [0.1, 0.15) is 25.8 Å². The number of hydrogen-bond acceptors (Lipinski definition) is 3. The Balaban J connectivity index is 2.36. The van der Waals surface area contributed by atoms with Crippen LogP contribution in [-0.4, -0.2) is 24.1 Å². The van der Waals surface area contributed by atoms with Crippen LogP contribution in [0.25, 0.3) is 0 Å². The maximum Gasteiger partial charge on any atom is 0.126 e. The number of carbonyl (C=O) groups excluding carboxylic acids is 1. The molecule has 3 nitrogen and oxygen atoms in total. The lowest BCUT2D eigenvalue weighted by molar-refractivity contribution is -0.118. The monoisotopic (exact) mass is 250 g/mol. The lowest BCUT2D eigenvalue weighted by Gasteiger charge is -2.22. The summed E-state index contributed by atoms with van der Waals surface area (Å²) < 4.78 is 5.45. The number of aliphatic hydroxyl groups excluding tert-OH is 1. The zero-order valence-corrected chi connectivity index (χ0v) is 11.1. The maximum absolute atomic E-state index is 11.0. The third kappa shape index (κ3) is 4.59. The van der Waals surface area contributed by atoms with E-state index >= 15 is 0 Å². The first-order valence-corrected chi connectivity index (χ1v) is 6.44. The molecule has 1 N–H and O–H groups in total. The van der Waals surface area contributed by atoms with E-state index in [1.807, 2.05) is 44.2 Å². The van der Waals surface area contributed by atoms with Gasteiger partial charge in [0.2, 0.25) is 0 Å². The van der Waals surface area contributed by atoms with Crippen molar-refractivity contribution in [3.63, 3.8) is 0 Å². The van der Waals surface area contributed by atoms with Gasteiger partial charge in [-0.05, 0) is 11.5 Å². The van der Waals surface area contributed by atoms with Crippen LogP contribution < -0.4 is 0 Å². The smallest absolute Gasteiger partial charge is 0.126 e. The van der Waals surface area contributed by atoms with Gasteiger partial charge >= 0.3 is 0 Å². The van der Waals surface area contributed by atoms with Gasteiger partial charge < -0.3 is 14.6 Å². The summed E-state index contributed by atoms with van der Waals surface area (Å²) in [6.45, 7) is 4.64. The Morgan fingerprint density at radius 3 is 2.56 bits per heavy atom. The second-order valence-corrected chi connectivity index (χ2v) is 4.67. The number of hydrogen-bond donors (Lipinski definition) is 1. The minimum Gasteiger partial charge on any atom is -0.390 e. The molecule has 1 aromatic carbocycles. The molecule has 0 saturated heterocycles. The standard InChI is InChI=1S/C15H22O3/c1-3-12(2)14(9-16)15(17)11-18-10-13-7-5-4-6-8-13/h4-9,12,14-15,17H,3,10-11H2,1-2H3/t12-,14-,15-/m0/s1. The van der Waals surface area contributed by atoms with Crippen LogP contribution in [0.15, 0.2) is 30.3 Å². The highest BCUT2D eigenvalue weighted by Gasteiger charge is 2.23. The highest BCUT2D eigenvalue weighted by Crippen LogP contribution is 2.17. The van der Waals surface area contributed by atoms with Gasteiger partial charge in [0.05, 0.1) is 19.3 Å². The summed E-state index contributed by atoms with van der Waals surface area (Å²) in [5, 5.41) is 9.93. The Hall–Kier alpha value is -1.19. The maximum atomic E-state index is 11.0. The zero-order chi connectivity index (χ0) is 13.4. The average molecular weight is 250 g/mol. The van der Waals surface area contributed by atoms with E-state index in [0.29, 0.717) is 6.61 Å². The fraction of sp³-hybridized carbons (Fsp3) is 0.533. The zero-order valence-electron chi connectivity index (χ0n) is 11.1. The van der Waals surface area contributed by atoms with Gasteiger partial charge in [0.15, 0.2) is 0 Å². The van der Waals surface area contributed by atoms with Gasteiger partial charge in [0, 0.05) is 5.92 Å². The molecule has 0 spiro atoms. The second-order valence-electron chi connectivity index (χ2n) is 4.67. The van der Waals surface area contributed by atoms with Gasteiger partial charge in [0.1, 0.15) is 6.29 Å². The lowest BCUT2D eigenvalue weighted by Crippen LogP contribution is -2.31. The largest absolute Gasteiger partial charge is 0.390 e. The molecule has 0 aromatic heterocycles. The van der Waals surface area contributed by atoms with Crippen LogP contribution >= 0.6 is 0 Å². The minimum atomic E-state index is -0.721. The van der Waals surface area contributed by atoms with Crippen LogP contribution in [0.3, 0.4) is 0 Å². The molecule has 1 aromatic rings. The Morgan fingerprint density at radius 2 is 2.00 bits per heavy atom. The van der Waals surface area contributed by atoms with Gasteiger partial charge in [-0.25, -0.2) is 0 Å². The lowest BCUT2D eigenvalue weighted by atomic mass is 9.88. The number of benzene rings is 1. The molecule has 3 heteroatoms. The van der Waals surface area contributed by atoms with Crippen molar-refractivity contribution < 1.29 is 14.6 Å². The Morgan fingerprint density at radius 1 is 1.33 bits per heavy atom. The summed E-state index contributed by atoms with van der Waals surface area (Å²) in [6.07, 6.45) is 0.991. The summed E-state index contributed by atoms with van der Waals surface area (Å²) in [5.74, 6) is -0.163. The number of carbonyl (C=O) groups is 1. The first-order valence-electron chi connectivity index (χ1n) is 6.44. The molecule has 18 heavy (non-hydrogen) atoms. The van der Waals surface area contributed by atoms with Crippen LogP contribution in [-0.2, 0) is 16.1 Å². The van der Waals surface area contributed by atoms with Crippen molar-refractivity contribution in [2.45, 2.75) is 33.0 Å². The normalized spacial score (nSPS) is 15.9. The summed E-state index contributed by atoms with van der Waals surface area (Å²) >= 11 is 0. The van der Waals surface area contributed by atoms with E-state index in [1.54, 1.807) is 0 Å². The SMILES string of the molecule is CC[C@H](C)[C@H](C=O)[C@@H](O)COCc1ccccc1. The second kappa shape index (κ2) is 8.01. The highest BCUT2D eigenvalue weighted by atomic mass is 16.5. The highest BCUT2D eigenvalue weighted by molar-refractivity contribution is 5.54. The van der Waals surface area contributed by atoms with E-state index in [1.165, 1.54) is 0 Å². The quantitative estimate of drug-likeness (QED) is 0.721. The number of aliphatic hydroxyl groups is 1. The molecular weight excluding hydrogens is 228 g/mol. The predicted octanol–water partition coefficient (Wildman–Crippen LogP) is 2.43. The molecule has 0 heterocycles. The third-order valence-electron chi connectivity index (χ3n) is 3.30. The van der Waals surface area contributed by atoms with Crippen molar-refractivity contribution in [2.24, 2.45) is 11.8 Å². The Labute approximate surface area is 109 Å².